The largest absolute Gasteiger partial charge is 0.377 e. The minimum Gasteiger partial charge on any atom is -0.377 e. The van der Waals surface area contributed by atoms with Crippen LogP contribution >= 0.6 is 0 Å². The number of hydrogen-bond acceptors (Lipinski definition) is 6. The molecule has 0 radical (unpaired) electrons. The smallest absolute Gasteiger partial charge is 0.162 e. The molecule has 8 heteroatoms. The zero-order valence-corrected chi connectivity index (χ0v) is 18.2. The van der Waals surface area contributed by atoms with Gasteiger partial charge in [-0.15, -0.1) is 0 Å². The highest BCUT2D eigenvalue weighted by Gasteiger charge is 2.55. The summed E-state index contributed by atoms with van der Waals surface area (Å²) in [5.41, 5.74) is 2.50. The summed E-state index contributed by atoms with van der Waals surface area (Å²) in [6, 6.07) is 10.1. The van der Waals surface area contributed by atoms with Crippen molar-refractivity contribution in [3.63, 3.8) is 0 Å². The molecule has 7 nitrogen and oxygen atoms in total. The Kier molecular flexibility index (Phi) is 4.41. The lowest BCUT2D eigenvalue weighted by Gasteiger charge is -2.40. The van der Waals surface area contributed by atoms with E-state index in [9.17, 15) is 8.42 Å². The number of sulfone groups is 1. The van der Waals surface area contributed by atoms with Gasteiger partial charge in [-0.2, -0.15) is 0 Å². The summed E-state index contributed by atoms with van der Waals surface area (Å²) < 4.78 is 30.1. The Labute approximate surface area is 176 Å². The number of rotatable bonds is 4. The van der Waals surface area contributed by atoms with Crippen LogP contribution in [0.15, 0.2) is 36.5 Å². The van der Waals surface area contributed by atoms with E-state index in [0.29, 0.717) is 37.6 Å². The molecule has 1 aliphatic carbocycles. The molecule has 2 atom stereocenters. The number of H-pyrrole nitrogens is 1. The maximum Gasteiger partial charge on any atom is 0.162 e. The molecular weight excluding hydrogens is 400 g/mol. The van der Waals surface area contributed by atoms with E-state index in [-0.39, 0.29) is 12.1 Å². The lowest BCUT2D eigenvalue weighted by atomic mass is 10.1. The maximum atomic E-state index is 12.7. The van der Waals surface area contributed by atoms with Gasteiger partial charge in [-0.3, -0.25) is 0 Å². The number of nitrogens with one attached hydrogen (secondary N) is 1. The highest BCUT2D eigenvalue weighted by molar-refractivity contribution is 7.91. The SMILES string of the molecule is C[C@@H]1COC[C@H](C)N1c1cc(C2(S(C)(=O)=O)CC2)nc(-c2cccc3[nH]ccc23)n1. The van der Waals surface area contributed by atoms with Crippen molar-refractivity contribution in [1.29, 1.82) is 0 Å². The number of anilines is 1. The highest BCUT2D eigenvalue weighted by Crippen LogP contribution is 2.52. The molecule has 158 valence electrons. The molecule has 1 aromatic carbocycles. The van der Waals surface area contributed by atoms with Gasteiger partial charge in [0.1, 0.15) is 10.6 Å². The molecule has 1 saturated carbocycles. The fourth-order valence-electron chi connectivity index (χ4n) is 4.59. The predicted octanol–water partition coefficient (Wildman–Crippen LogP) is 3.27. The van der Waals surface area contributed by atoms with Crippen LogP contribution in [0, 0.1) is 0 Å². The molecule has 3 aromatic rings. The van der Waals surface area contributed by atoms with Crippen molar-refractivity contribution in [2.75, 3.05) is 24.4 Å². The van der Waals surface area contributed by atoms with E-state index in [1.807, 2.05) is 36.5 Å². The number of nitrogens with zero attached hydrogens (tertiary/aromatic N) is 3. The number of ether oxygens (including phenoxy) is 1. The molecule has 1 saturated heterocycles. The molecule has 0 unspecified atom stereocenters. The Balaban J connectivity index is 1.73. The minimum atomic E-state index is -3.29. The number of morpholine rings is 1. The van der Waals surface area contributed by atoms with E-state index in [0.717, 1.165) is 22.3 Å². The molecule has 2 fully saturated rings. The monoisotopic (exact) mass is 426 g/mol. The van der Waals surface area contributed by atoms with Crippen LogP contribution < -0.4 is 4.90 Å². The van der Waals surface area contributed by atoms with E-state index in [1.54, 1.807) is 0 Å². The Morgan fingerprint density at radius 2 is 1.87 bits per heavy atom. The molecule has 0 bridgehead atoms. The van der Waals surface area contributed by atoms with Crippen LogP contribution in [-0.4, -0.2) is 54.9 Å². The first-order valence-corrected chi connectivity index (χ1v) is 12.2. The summed E-state index contributed by atoms with van der Waals surface area (Å²) >= 11 is 0. The van der Waals surface area contributed by atoms with Crippen molar-refractivity contribution in [2.45, 2.75) is 43.5 Å². The predicted molar refractivity (Wildman–Crippen MR) is 117 cm³/mol. The third kappa shape index (κ3) is 3.01. The van der Waals surface area contributed by atoms with Crippen LogP contribution in [0.25, 0.3) is 22.3 Å². The zero-order chi connectivity index (χ0) is 21.1. The van der Waals surface area contributed by atoms with Gasteiger partial charge in [-0.1, -0.05) is 12.1 Å². The number of benzene rings is 1. The molecule has 5 rings (SSSR count). The maximum absolute atomic E-state index is 12.7. The third-order valence-electron chi connectivity index (χ3n) is 6.36. The van der Waals surface area contributed by atoms with Crippen LogP contribution in [0.2, 0.25) is 0 Å². The quantitative estimate of drug-likeness (QED) is 0.689. The average molecular weight is 427 g/mol. The molecule has 2 aliphatic rings. The van der Waals surface area contributed by atoms with Crippen molar-refractivity contribution in [3.05, 3.63) is 42.2 Å². The molecule has 2 aromatic heterocycles. The topological polar surface area (TPSA) is 88.2 Å². The Bertz CT molecular complexity index is 1210. The number of hydrogen-bond donors (Lipinski definition) is 1. The Morgan fingerprint density at radius 1 is 1.13 bits per heavy atom. The summed E-state index contributed by atoms with van der Waals surface area (Å²) in [4.78, 5) is 15.2. The van der Waals surface area contributed by atoms with Crippen molar-refractivity contribution in [3.8, 4) is 11.4 Å². The van der Waals surface area contributed by atoms with Crippen LogP contribution in [0.3, 0.4) is 0 Å². The second kappa shape index (κ2) is 6.78. The lowest BCUT2D eigenvalue weighted by Crippen LogP contribution is -2.50. The number of aromatic nitrogens is 3. The first-order valence-electron chi connectivity index (χ1n) is 10.3. The van der Waals surface area contributed by atoms with Gasteiger partial charge in [0.2, 0.25) is 0 Å². The first-order chi connectivity index (χ1) is 14.3. The van der Waals surface area contributed by atoms with Crippen molar-refractivity contribution >= 4 is 26.6 Å². The van der Waals surface area contributed by atoms with Gasteiger partial charge in [0.25, 0.3) is 0 Å². The summed E-state index contributed by atoms with van der Waals surface area (Å²) in [6.07, 6.45) is 4.41. The van der Waals surface area contributed by atoms with Gasteiger partial charge in [0, 0.05) is 35.0 Å². The van der Waals surface area contributed by atoms with Crippen LogP contribution in [0.4, 0.5) is 5.82 Å². The molecule has 1 N–H and O–H groups in total. The van der Waals surface area contributed by atoms with Crippen LogP contribution in [0.5, 0.6) is 0 Å². The zero-order valence-electron chi connectivity index (χ0n) is 17.4. The lowest BCUT2D eigenvalue weighted by molar-refractivity contribution is 0.0752. The number of fused-ring (bicyclic) bond motifs is 1. The summed E-state index contributed by atoms with van der Waals surface area (Å²) in [5.74, 6) is 1.33. The standard InChI is InChI=1S/C22H26N4O3S/c1-14-12-29-13-15(2)26(14)20-11-19(22(8-9-22)30(3,27)28)24-21(25-20)17-5-4-6-18-16(17)7-10-23-18/h4-7,10-11,14-15,23H,8-9,12-13H2,1-3H3/t14-,15+. The fourth-order valence-corrected chi connectivity index (χ4v) is 5.92. The molecule has 0 spiro atoms. The average Bonchev–Trinajstić information content (AvgIpc) is 3.39. The van der Waals surface area contributed by atoms with Gasteiger partial charge >= 0.3 is 0 Å². The van der Waals surface area contributed by atoms with Gasteiger partial charge in [-0.05, 0) is 38.8 Å². The molecule has 3 heterocycles. The molecule has 1 aliphatic heterocycles. The second-order valence-corrected chi connectivity index (χ2v) is 10.9. The van der Waals surface area contributed by atoms with E-state index in [4.69, 9.17) is 14.7 Å². The summed E-state index contributed by atoms with van der Waals surface area (Å²) in [6.45, 7) is 5.44. The Morgan fingerprint density at radius 3 is 2.53 bits per heavy atom. The normalized spacial score (nSPS) is 23.6. The highest BCUT2D eigenvalue weighted by atomic mass is 32.2. The van der Waals surface area contributed by atoms with E-state index in [1.165, 1.54) is 6.26 Å². The molecule has 0 amide bonds. The second-order valence-electron chi connectivity index (χ2n) is 8.59. The van der Waals surface area contributed by atoms with Crippen LogP contribution in [0.1, 0.15) is 32.4 Å². The van der Waals surface area contributed by atoms with E-state index in [2.05, 4.69) is 23.7 Å². The van der Waals surface area contributed by atoms with Crippen LogP contribution in [-0.2, 0) is 19.3 Å². The molecular formula is C22H26N4O3S. The van der Waals surface area contributed by atoms with Crippen molar-refractivity contribution in [2.24, 2.45) is 0 Å². The van der Waals surface area contributed by atoms with Gasteiger partial charge in [-0.25, -0.2) is 18.4 Å². The Hall–Kier alpha value is -2.45. The van der Waals surface area contributed by atoms with Gasteiger partial charge in [0.15, 0.2) is 15.7 Å². The third-order valence-corrected chi connectivity index (χ3v) is 8.40. The van der Waals surface area contributed by atoms with E-state index < -0.39 is 14.6 Å². The van der Waals surface area contributed by atoms with E-state index >= 15 is 0 Å². The van der Waals surface area contributed by atoms with Gasteiger partial charge < -0.3 is 14.6 Å². The number of aromatic amines is 1. The first kappa shape index (κ1) is 19.5. The fraction of sp³-hybridized carbons (Fsp3) is 0.455. The molecule has 30 heavy (non-hydrogen) atoms. The summed E-state index contributed by atoms with van der Waals surface area (Å²) in [5, 5.41) is 1.02. The van der Waals surface area contributed by atoms with Gasteiger partial charge in [0.05, 0.1) is 31.0 Å². The minimum absolute atomic E-state index is 0.140. The summed E-state index contributed by atoms with van der Waals surface area (Å²) in [7, 11) is -3.29. The van der Waals surface area contributed by atoms with Crippen molar-refractivity contribution < 1.29 is 13.2 Å². The van der Waals surface area contributed by atoms with Crippen molar-refractivity contribution in [1.82, 2.24) is 15.0 Å².